The van der Waals surface area contributed by atoms with Crippen LogP contribution >= 0.6 is 0 Å². The molecule has 1 amide bonds. The number of sulfonamides is 1. The van der Waals surface area contributed by atoms with Gasteiger partial charge in [-0.15, -0.1) is 4.40 Å². The molecule has 0 radical (unpaired) electrons. The van der Waals surface area contributed by atoms with Gasteiger partial charge in [0.1, 0.15) is 10.7 Å². The molecular formula is C18H23N3O5S. The van der Waals surface area contributed by atoms with Gasteiger partial charge in [0.25, 0.3) is 10.0 Å². The maximum atomic E-state index is 12.4. The summed E-state index contributed by atoms with van der Waals surface area (Å²) in [5.41, 5.74) is 0.477. The van der Waals surface area contributed by atoms with Gasteiger partial charge in [-0.05, 0) is 31.9 Å². The number of amidine groups is 1. The van der Waals surface area contributed by atoms with Gasteiger partial charge in [0.15, 0.2) is 0 Å². The van der Waals surface area contributed by atoms with Crippen LogP contribution in [0, 0.1) is 5.92 Å². The summed E-state index contributed by atoms with van der Waals surface area (Å²) in [5.74, 6) is -0.157. The van der Waals surface area contributed by atoms with E-state index in [0.29, 0.717) is 38.2 Å². The van der Waals surface area contributed by atoms with Crippen LogP contribution in [0.4, 0.5) is 5.69 Å². The Kier molecular flexibility index (Phi) is 5.79. The van der Waals surface area contributed by atoms with Crippen LogP contribution in [-0.2, 0) is 24.3 Å². The molecule has 1 N–H and O–H groups in total. The van der Waals surface area contributed by atoms with Crippen LogP contribution < -0.4 is 5.32 Å². The quantitative estimate of drug-likeness (QED) is 0.765. The highest BCUT2D eigenvalue weighted by Gasteiger charge is 2.29. The topological polar surface area (TPSA) is 105 Å². The van der Waals surface area contributed by atoms with Gasteiger partial charge in [-0.2, -0.15) is 8.42 Å². The van der Waals surface area contributed by atoms with Crippen molar-refractivity contribution >= 4 is 33.4 Å². The second kappa shape index (κ2) is 8.08. The second-order valence-electron chi connectivity index (χ2n) is 6.54. The van der Waals surface area contributed by atoms with Crippen molar-refractivity contribution in [2.45, 2.75) is 37.5 Å². The number of ether oxygens (including phenoxy) is 1. The van der Waals surface area contributed by atoms with E-state index >= 15 is 0 Å². The molecule has 1 aromatic rings. The SMILES string of the molecule is CCOC(=O)C1CCN(C(=O)CCC2=NS(=O)(=O)c3ccccc3N2)CC1. The number of para-hydroxylation sites is 1. The molecule has 0 saturated carbocycles. The van der Waals surface area contributed by atoms with Crippen molar-refractivity contribution in [3.05, 3.63) is 24.3 Å². The number of carbonyl (C=O) groups excluding carboxylic acids is 2. The van der Waals surface area contributed by atoms with Gasteiger partial charge >= 0.3 is 5.97 Å². The standard InChI is InChI=1S/C18H23N3O5S/c1-2-26-18(23)13-9-11-21(12-10-13)17(22)8-7-16-19-14-5-3-4-6-15(14)27(24,25)20-16/h3-6,13H,2,7-12H2,1H3,(H,19,20). The lowest BCUT2D eigenvalue weighted by molar-refractivity contribution is -0.151. The van der Waals surface area contributed by atoms with Gasteiger partial charge in [-0.3, -0.25) is 9.59 Å². The first kappa shape index (κ1) is 19.3. The van der Waals surface area contributed by atoms with Crippen molar-refractivity contribution in [1.29, 1.82) is 0 Å². The molecule has 2 heterocycles. The van der Waals surface area contributed by atoms with Crippen molar-refractivity contribution in [3.8, 4) is 0 Å². The number of fused-ring (bicyclic) bond motifs is 1. The normalized spacial score (nSPS) is 18.9. The first-order valence-corrected chi connectivity index (χ1v) is 10.5. The zero-order valence-electron chi connectivity index (χ0n) is 15.2. The van der Waals surface area contributed by atoms with Crippen LogP contribution in [0.2, 0.25) is 0 Å². The van der Waals surface area contributed by atoms with Gasteiger partial charge in [-0.25, -0.2) is 0 Å². The third kappa shape index (κ3) is 4.47. The number of anilines is 1. The predicted molar refractivity (Wildman–Crippen MR) is 99.9 cm³/mol. The van der Waals surface area contributed by atoms with E-state index in [0.717, 1.165) is 0 Å². The lowest BCUT2D eigenvalue weighted by Gasteiger charge is -2.31. The zero-order valence-corrected chi connectivity index (χ0v) is 16.0. The Morgan fingerprint density at radius 1 is 1.26 bits per heavy atom. The maximum absolute atomic E-state index is 12.4. The van der Waals surface area contributed by atoms with E-state index in [9.17, 15) is 18.0 Å². The number of piperidine rings is 1. The Morgan fingerprint density at radius 3 is 2.67 bits per heavy atom. The van der Waals surface area contributed by atoms with Crippen LogP contribution in [0.1, 0.15) is 32.6 Å². The Morgan fingerprint density at radius 2 is 1.96 bits per heavy atom. The van der Waals surface area contributed by atoms with Gasteiger partial charge in [0, 0.05) is 25.9 Å². The van der Waals surface area contributed by atoms with Gasteiger partial charge in [0.05, 0.1) is 18.2 Å². The molecule has 2 aliphatic heterocycles. The minimum atomic E-state index is -3.74. The van der Waals surface area contributed by atoms with Crippen molar-refractivity contribution < 1.29 is 22.7 Å². The lowest BCUT2D eigenvalue weighted by Crippen LogP contribution is -2.41. The number of likely N-dealkylation sites (tertiary alicyclic amines) is 1. The molecule has 0 aromatic heterocycles. The molecule has 27 heavy (non-hydrogen) atoms. The van der Waals surface area contributed by atoms with E-state index in [-0.39, 0.29) is 41.4 Å². The fraction of sp³-hybridized carbons (Fsp3) is 0.500. The minimum absolute atomic E-state index is 0.0712. The van der Waals surface area contributed by atoms with Crippen LogP contribution in [-0.4, -0.2) is 50.7 Å². The molecular weight excluding hydrogens is 370 g/mol. The summed E-state index contributed by atoms with van der Waals surface area (Å²) >= 11 is 0. The second-order valence-corrected chi connectivity index (χ2v) is 8.11. The molecule has 1 aromatic carbocycles. The fourth-order valence-electron chi connectivity index (χ4n) is 3.28. The van der Waals surface area contributed by atoms with Gasteiger partial charge in [-0.1, -0.05) is 12.1 Å². The van der Waals surface area contributed by atoms with E-state index in [1.165, 1.54) is 6.07 Å². The highest BCUT2D eigenvalue weighted by Crippen LogP contribution is 2.27. The number of hydrogen-bond donors (Lipinski definition) is 1. The van der Waals surface area contributed by atoms with Gasteiger partial charge < -0.3 is 15.0 Å². The third-order valence-electron chi connectivity index (χ3n) is 4.72. The molecule has 2 aliphatic rings. The van der Waals surface area contributed by atoms with E-state index in [2.05, 4.69) is 9.71 Å². The number of nitrogens with one attached hydrogen (secondary N) is 1. The summed E-state index contributed by atoms with van der Waals surface area (Å²) in [6.45, 7) is 3.14. The summed E-state index contributed by atoms with van der Waals surface area (Å²) in [6, 6.07) is 6.55. The van der Waals surface area contributed by atoms with Crippen molar-refractivity contribution in [1.82, 2.24) is 4.90 Å². The minimum Gasteiger partial charge on any atom is -0.466 e. The Balaban J connectivity index is 1.53. The molecule has 0 unspecified atom stereocenters. The molecule has 1 fully saturated rings. The first-order chi connectivity index (χ1) is 12.9. The number of nitrogens with zero attached hydrogens (tertiary/aromatic N) is 2. The highest BCUT2D eigenvalue weighted by molar-refractivity contribution is 7.90. The summed E-state index contributed by atoms with van der Waals surface area (Å²) < 4.78 is 33.2. The summed E-state index contributed by atoms with van der Waals surface area (Å²) in [7, 11) is -3.74. The van der Waals surface area contributed by atoms with E-state index < -0.39 is 10.0 Å². The molecule has 0 bridgehead atoms. The van der Waals surface area contributed by atoms with Crippen molar-refractivity contribution in [2.75, 3.05) is 25.0 Å². The van der Waals surface area contributed by atoms with E-state index in [4.69, 9.17) is 4.74 Å². The summed E-state index contributed by atoms with van der Waals surface area (Å²) in [6.07, 6.45) is 1.55. The van der Waals surface area contributed by atoms with E-state index in [1.807, 2.05) is 0 Å². The van der Waals surface area contributed by atoms with Crippen LogP contribution in [0.15, 0.2) is 33.6 Å². The zero-order chi connectivity index (χ0) is 19.4. The molecule has 0 aliphatic carbocycles. The van der Waals surface area contributed by atoms with Crippen molar-refractivity contribution in [2.24, 2.45) is 10.3 Å². The number of rotatable bonds is 5. The maximum Gasteiger partial charge on any atom is 0.309 e. The number of amides is 1. The predicted octanol–water partition coefficient (Wildman–Crippen LogP) is 1.78. The number of carbonyl (C=O) groups is 2. The first-order valence-electron chi connectivity index (χ1n) is 9.05. The van der Waals surface area contributed by atoms with Crippen molar-refractivity contribution in [3.63, 3.8) is 0 Å². The molecule has 9 heteroatoms. The number of esters is 1. The summed E-state index contributed by atoms with van der Waals surface area (Å²) in [5, 5.41) is 2.99. The molecule has 3 rings (SSSR count). The molecule has 146 valence electrons. The van der Waals surface area contributed by atoms with Crippen LogP contribution in [0.25, 0.3) is 0 Å². The molecule has 1 saturated heterocycles. The number of hydrogen-bond acceptors (Lipinski definition) is 6. The van der Waals surface area contributed by atoms with Gasteiger partial charge in [0.2, 0.25) is 5.91 Å². The summed E-state index contributed by atoms with van der Waals surface area (Å²) in [4.78, 5) is 26.0. The molecule has 8 nitrogen and oxygen atoms in total. The van der Waals surface area contributed by atoms with E-state index in [1.54, 1.807) is 30.0 Å². The fourth-order valence-corrected chi connectivity index (χ4v) is 4.46. The van der Waals surface area contributed by atoms with Crippen LogP contribution in [0.3, 0.4) is 0 Å². The Bertz CT molecular complexity index is 858. The average molecular weight is 393 g/mol. The highest BCUT2D eigenvalue weighted by atomic mass is 32.2. The van der Waals surface area contributed by atoms with Crippen LogP contribution in [0.5, 0.6) is 0 Å². The Labute approximate surface area is 158 Å². The lowest BCUT2D eigenvalue weighted by atomic mass is 9.96. The third-order valence-corrected chi connectivity index (χ3v) is 6.09. The monoisotopic (exact) mass is 393 g/mol. The average Bonchev–Trinajstić information content (AvgIpc) is 2.66. The molecule has 0 atom stereocenters. The smallest absolute Gasteiger partial charge is 0.309 e. The number of benzene rings is 1. The largest absolute Gasteiger partial charge is 0.466 e. The Hall–Kier alpha value is -2.42. The molecule has 0 spiro atoms.